The lowest BCUT2D eigenvalue weighted by atomic mass is 10.0. The summed E-state index contributed by atoms with van der Waals surface area (Å²) in [5.74, 6) is 0.839. The second kappa shape index (κ2) is 3.27. The highest BCUT2D eigenvalue weighted by Gasteiger charge is 2.66. The van der Waals surface area contributed by atoms with E-state index in [9.17, 15) is 0 Å². The average Bonchev–Trinajstić information content (AvgIpc) is 2.39. The zero-order chi connectivity index (χ0) is 10.3. The van der Waals surface area contributed by atoms with Gasteiger partial charge in [-0.25, -0.2) is 0 Å². The van der Waals surface area contributed by atoms with Crippen molar-refractivity contribution in [3.05, 3.63) is 0 Å². The maximum absolute atomic E-state index is 3.61. The topological polar surface area (TPSA) is 12.0 Å². The molecule has 0 spiro atoms. The van der Waals surface area contributed by atoms with Gasteiger partial charge >= 0.3 is 0 Å². The van der Waals surface area contributed by atoms with Gasteiger partial charge in [0.2, 0.25) is 0 Å². The monoisotopic (exact) mass is 183 g/mol. The second-order valence-corrected chi connectivity index (χ2v) is 5.66. The summed E-state index contributed by atoms with van der Waals surface area (Å²) >= 11 is 0. The quantitative estimate of drug-likeness (QED) is 0.706. The van der Waals surface area contributed by atoms with Crippen LogP contribution in [0.2, 0.25) is 0 Å². The lowest BCUT2D eigenvalue weighted by molar-refractivity contribution is 0.424. The number of hydrogen-bond donors (Lipinski definition) is 1. The Morgan fingerprint density at radius 3 is 1.92 bits per heavy atom. The van der Waals surface area contributed by atoms with Crippen molar-refractivity contribution >= 4 is 0 Å². The third-order valence-electron chi connectivity index (χ3n) is 4.35. The first kappa shape index (κ1) is 11.0. The zero-order valence-corrected chi connectivity index (χ0v) is 10.1. The first-order chi connectivity index (χ1) is 5.85. The summed E-state index contributed by atoms with van der Waals surface area (Å²) in [6, 6.07) is 0.671. The Morgan fingerprint density at radius 1 is 1.15 bits per heavy atom. The fourth-order valence-electron chi connectivity index (χ4n) is 2.99. The third-order valence-corrected chi connectivity index (χ3v) is 4.35. The van der Waals surface area contributed by atoms with E-state index in [4.69, 9.17) is 0 Å². The van der Waals surface area contributed by atoms with Crippen molar-refractivity contribution in [2.45, 2.75) is 54.0 Å². The lowest BCUT2D eigenvalue weighted by Crippen LogP contribution is -2.30. The fraction of sp³-hybridized carbons (Fsp3) is 1.00. The Balaban J connectivity index is 2.47. The van der Waals surface area contributed by atoms with Crippen molar-refractivity contribution in [2.75, 3.05) is 6.54 Å². The summed E-state index contributed by atoms with van der Waals surface area (Å²) in [6.45, 7) is 15.3. The lowest BCUT2D eigenvalue weighted by Gasteiger charge is -2.15. The molecule has 0 aromatic rings. The summed E-state index contributed by atoms with van der Waals surface area (Å²) in [4.78, 5) is 0. The molecule has 1 saturated carbocycles. The molecule has 0 heterocycles. The Kier molecular flexibility index (Phi) is 2.78. The van der Waals surface area contributed by atoms with Gasteiger partial charge < -0.3 is 5.32 Å². The molecule has 1 N–H and O–H groups in total. The van der Waals surface area contributed by atoms with Gasteiger partial charge in [0, 0.05) is 6.04 Å². The van der Waals surface area contributed by atoms with E-state index in [1.54, 1.807) is 0 Å². The van der Waals surface area contributed by atoms with Crippen molar-refractivity contribution < 1.29 is 0 Å². The molecule has 0 amide bonds. The zero-order valence-electron chi connectivity index (χ0n) is 10.1. The van der Waals surface area contributed by atoms with Gasteiger partial charge in [0.05, 0.1) is 0 Å². The molecule has 78 valence electrons. The van der Waals surface area contributed by atoms with Crippen LogP contribution < -0.4 is 5.32 Å². The molecule has 0 bridgehead atoms. The molecule has 1 unspecified atom stereocenters. The fourth-order valence-corrected chi connectivity index (χ4v) is 2.99. The van der Waals surface area contributed by atoms with E-state index >= 15 is 0 Å². The van der Waals surface area contributed by atoms with Crippen LogP contribution in [-0.4, -0.2) is 12.6 Å². The average molecular weight is 183 g/mol. The van der Waals surface area contributed by atoms with Crippen LogP contribution in [0.1, 0.15) is 48.0 Å². The van der Waals surface area contributed by atoms with Gasteiger partial charge in [-0.3, -0.25) is 0 Å². The molecule has 0 aromatic carbocycles. The summed E-state index contributed by atoms with van der Waals surface area (Å²) in [6.07, 6.45) is 1.23. The highest BCUT2D eigenvalue weighted by Crippen LogP contribution is 2.69. The molecule has 1 fully saturated rings. The van der Waals surface area contributed by atoms with Gasteiger partial charge in [0.1, 0.15) is 0 Å². The van der Waals surface area contributed by atoms with Crippen molar-refractivity contribution in [2.24, 2.45) is 16.7 Å². The van der Waals surface area contributed by atoms with Gasteiger partial charge in [0.15, 0.2) is 0 Å². The first-order valence-corrected chi connectivity index (χ1v) is 5.59. The second-order valence-electron chi connectivity index (χ2n) is 5.66. The van der Waals surface area contributed by atoms with Crippen molar-refractivity contribution in [1.29, 1.82) is 0 Å². The maximum Gasteiger partial charge on any atom is 0.00776 e. The molecule has 1 nitrogen and oxygen atoms in total. The predicted octanol–water partition coefficient (Wildman–Crippen LogP) is 3.06. The number of nitrogens with one attached hydrogen (secondary N) is 1. The standard InChI is InChI=1S/C12H25N/c1-7-8-13-9(2)10-11(3,4)12(10,5)6/h9-10,13H,7-8H2,1-6H3. The molecule has 1 atom stereocenters. The summed E-state index contributed by atoms with van der Waals surface area (Å²) in [5, 5.41) is 3.61. The van der Waals surface area contributed by atoms with E-state index in [1.807, 2.05) is 0 Å². The minimum absolute atomic E-state index is 0.521. The smallest absolute Gasteiger partial charge is 0.00776 e. The molecule has 0 aromatic heterocycles. The highest BCUT2D eigenvalue weighted by molar-refractivity contribution is 5.15. The van der Waals surface area contributed by atoms with Crippen LogP contribution in [0.4, 0.5) is 0 Å². The molecule has 1 aliphatic carbocycles. The third kappa shape index (κ3) is 1.63. The molecule has 0 radical (unpaired) electrons. The normalized spacial score (nSPS) is 27.2. The van der Waals surface area contributed by atoms with Crippen LogP contribution in [-0.2, 0) is 0 Å². The molecular formula is C12H25N. The summed E-state index contributed by atoms with van der Waals surface area (Å²) in [5.41, 5.74) is 1.04. The van der Waals surface area contributed by atoms with E-state index in [0.717, 1.165) is 12.5 Å². The van der Waals surface area contributed by atoms with Crippen molar-refractivity contribution in [3.8, 4) is 0 Å². The van der Waals surface area contributed by atoms with Crippen molar-refractivity contribution in [1.82, 2.24) is 5.32 Å². The van der Waals surface area contributed by atoms with Gasteiger partial charge in [-0.05, 0) is 36.6 Å². The van der Waals surface area contributed by atoms with Gasteiger partial charge in [-0.1, -0.05) is 34.6 Å². The Bertz CT molecular complexity index is 168. The van der Waals surface area contributed by atoms with Gasteiger partial charge in [0.25, 0.3) is 0 Å². The van der Waals surface area contributed by atoms with Gasteiger partial charge in [-0.15, -0.1) is 0 Å². The van der Waals surface area contributed by atoms with Crippen LogP contribution in [0, 0.1) is 16.7 Å². The van der Waals surface area contributed by atoms with E-state index in [0.29, 0.717) is 16.9 Å². The number of hydrogen-bond acceptors (Lipinski definition) is 1. The van der Waals surface area contributed by atoms with Crippen LogP contribution in [0.25, 0.3) is 0 Å². The van der Waals surface area contributed by atoms with E-state index in [-0.39, 0.29) is 0 Å². The van der Waals surface area contributed by atoms with Crippen LogP contribution in [0.5, 0.6) is 0 Å². The minimum atomic E-state index is 0.521. The largest absolute Gasteiger partial charge is 0.314 e. The van der Waals surface area contributed by atoms with Crippen LogP contribution in [0.3, 0.4) is 0 Å². The predicted molar refractivity (Wildman–Crippen MR) is 58.8 cm³/mol. The molecule has 1 aliphatic rings. The van der Waals surface area contributed by atoms with Crippen molar-refractivity contribution in [3.63, 3.8) is 0 Å². The maximum atomic E-state index is 3.61. The van der Waals surface area contributed by atoms with Crippen LogP contribution in [0.15, 0.2) is 0 Å². The first-order valence-electron chi connectivity index (χ1n) is 5.59. The Labute approximate surface area is 83.3 Å². The minimum Gasteiger partial charge on any atom is -0.314 e. The van der Waals surface area contributed by atoms with Crippen LogP contribution >= 0.6 is 0 Å². The SMILES string of the molecule is CCCNC(C)C1C(C)(C)C1(C)C. The summed E-state index contributed by atoms with van der Waals surface area (Å²) < 4.78 is 0. The van der Waals surface area contributed by atoms with E-state index in [2.05, 4.69) is 46.9 Å². The molecular weight excluding hydrogens is 158 g/mol. The summed E-state index contributed by atoms with van der Waals surface area (Å²) in [7, 11) is 0. The van der Waals surface area contributed by atoms with E-state index < -0.39 is 0 Å². The van der Waals surface area contributed by atoms with E-state index in [1.165, 1.54) is 6.42 Å². The molecule has 1 heteroatoms. The molecule has 0 aliphatic heterocycles. The molecule has 0 saturated heterocycles. The Hall–Kier alpha value is -0.0400. The Morgan fingerprint density at radius 2 is 1.62 bits per heavy atom. The number of rotatable bonds is 4. The van der Waals surface area contributed by atoms with Gasteiger partial charge in [-0.2, -0.15) is 0 Å². The highest BCUT2D eigenvalue weighted by atomic mass is 14.9. The molecule has 13 heavy (non-hydrogen) atoms. The molecule has 1 rings (SSSR count).